The first-order valence-corrected chi connectivity index (χ1v) is 11.9. The third-order valence-corrected chi connectivity index (χ3v) is 6.94. The second-order valence-electron chi connectivity index (χ2n) is 9.11. The van der Waals surface area contributed by atoms with Crippen LogP contribution >= 0.6 is 0 Å². The van der Waals surface area contributed by atoms with Crippen LogP contribution in [0.25, 0.3) is 11.1 Å². The molecular formula is C25H31N5O5. The van der Waals surface area contributed by atoms with Crippen molar-refractivity contribution in [2.75, 3.05) is 39.5 Å². The highest BCUT2D eigenvalue weighted by Gasteiger charge is 2.34. The van der Waals surface area contributed by atoms with Crippen molar-refractivity contribution in [2.24, 2.45) is 0 Å². The molecule has 2 unspecified atom stereocenters. The predicted octanol–water partition coefficient (Wildman–Crippen LogP) is 0.686. The number of aliphatic hydroxyl groups is 2. The average molecular weight is 482 g/mol. The summed E-state index contributed by atoms with van der Waals surface area (Å²) in [4.78, 5) is 22.1. The first-order chi connectivity index (χ1) is 17.0. The highest BCUT2D eigenvalue weighted by atomic mass is 16.5. The Morgan fingerprint density at radius 3 is 2.66 bits per heavy atom. The van der Waals surface area contributed by atoms with Gasteiger partial charge in [0.1, 0.15) is 0 Å². The lowest BCUT2D eigenvalue weighted by Crippen LogP contribution is -2.39. The lowest BCUT2D eigenvalue weighted by Gasteiger charge is -2.29. The normalized spacial score (nSPS) is 19.7. The zero-order valence-electron chi connectivity index (χ0n) is 19.5. The van der Waals surface area contributed by atoms with E-state index in [1.807, 2.05) is 12.3 Å². The Bertz CT molecular complexity index is 1200. The minimum Gasteiger partial charge on any atom is -0.502 e. The van der Waals surface area contributed by atoms with Crippen LogP contribution in [0, 0.1) is 0 Å². The van der Waals surface area contributed by atoms with E-state index < -0.39 is 23.7 Å². The number of rotatable bonds is 8. The molecule has 0 aliphatic carbocycles. The van der Waals surface area contributed by atoms with Gasteiger partial charge in [-0.15, -0.1) is 0 Å². The molecule has 186 valence electrons. The Morgan fingerprint density at radius 2 is 1.94 bits per heavy atom. The van der Waals surface area contributed by atoms with E-state index in [2.05, 4.69) is 39.1 Å². The van der Waals surface area contributed by atoms with Crippen molar-refractivity contribution in [1.29, 1.82) is 0 Å². The molecule has 4 heterocycles. The summed E-state index contributed by atoms with van der Waals surface area (Å²) in [5.41, 5.74) is 3.87. The summed E-state index contributed by atoms with van der Waals surface area (Å²) in [7, 11) is 0. The lowest BCUT2D eigenvalue weighted by atomic mass is 10.0. The molecule has 10 nitrogen and oxygen atoms in total. The highest BCUT2D eigenvalue weighted by molar-refractivity contribution is 5.64. The van der Waals surface area contributed by atoms with Crippen molar-refractivity contribution < 1.29 is 20.1 Å². The van der Waals surface area contributed by atoms with Gasteiger partial charge in [0.15, 0.2) is 6.35 Å². The number of aliphatic hydroxyl groups excluding tert-OH is 2. The smallest absolute Gasteiger partial charge is 0.293 e. The summed E-state index contributed by atoms with van der Waals surface area (Å²) in [6, 6.07) is 10.1. The highest BCUT2D eigenvalue weighted by Crippen LogP contribution is 2.33. The van der Waals surface area contributed by atoms with Gasteiger partial charge in [-0.3, -0.25) is 9.69 Å². The van der Waals surface area contributed by atoms with Crippen LogP contribution in [0.5, 0.6) is 5.75 Å². The van der Waals surface area contributed by atoms with Gasteiger partial charge in [0.2, 0.25) is 5.75 Å². The Balaban J connectivity index is 1.24. The van der Waals surface area contributed by atoms with Gasteiger partial charge in [0.25, 0.3) is 5.56 Å². The van der Waals surface area contributed by atoms with Crippen molar-refractivity contribution in [2.45, 2.75) is 31.8 Å². The number of H-pyrrole nitrogens is 1. The van der Waals surface area contributed by atoms with Crippen molar-refractivity contribution in [1.82, 2.24) is 24.3 Å². The number of aromatic nitrogens is 3. The largest absolute Gasteiger partial charge is 0.502 e. The van der Waals surface area contributed by atoms with Gasteiger partial charge in [0.05, 0.1) is 31.8 Å². The average Bonchev–Trinajstić information content (AvgIpc) is 3.44. The Morgan fingerprint density at radius 1 is 1.17 bits per heavy atom. The van der Waals surface area contributed by atoms with E-state index in [1.54, 1.807) is 9.47 Å². The molecule has 2 aliphatic rings. The SMILES string of the molecule is O=c1[nH]cnc(CC(CO)N2Cc3cc(-c4ccc(CCN5CCOCC5)cc4)cn3C2O)c1O. The standard InChI is InChI=1S/C25H31N5O5/c31-15-21(12-22-23(32)24(33)27-16-26-22)30-14-20-11-19(13-29(20)25(30)34)18-3-1-17(2-4-18)5-6-28-7-9-35-10-8-28/h1-4,11,13,16,21,25,31-32,34H,5-10,12,14-15H2,(H,26,27,33). The van der Waals surface area contributed by atoms with E-state index >= 15 is 0 Å². The molecule has 3 aromatic rings. The van der Waals surface area contributed by atoms with Crippen molar-refractivity contribution in [3.05, 3.63) is 70.2 Å². The van der Waals surface area contributed by atoms with Crippen LogP contribution in [0.4, 0.5) is 0 Å². The molecule has 0 saturated carbocycles. The molecule has 1 saturated heterocycles. The van der Waals surface area contributed by atoms with Gasteiger partial charge >= 0.3 is 0 Å². The third-order valence-electron chi connectivity index (χ3n) is 6.94. The number of aromatic hydroxyl groups is 1. The van der Waals surface area contributed by atoms with Gasteiger partial charge in [-0.05, 0) is 29.2 Å². The maximum atomic E-state index is 11.7. The monoisotopic (exact) mass is 481 g/mol. The molecule has 0 amide bonds. The van der Waals surface area contributed by atoms with Gasteiger partial charge in [-0.1, -0.05) is 24.3 Å². The lowest BCUT2D eigenvalue weighted by molar-refractivity contribution is -0.0695. The van der Waals surface area contributed by atoms with Crippen molar-refractivity contribution in [3.63, 3.8) is 0 Å². The van der Waals surface area contributed by atoms with Crippen LogP contribution < -0.4 is 5.56 Å². The Hall–Kier alpha value is -3.02. The maximum absolute atomic E-state index is 11.7. The number of nitrogens with one attached hydrogen (secondary N) is 1. The molecular weight excluding hydrogens is 450 g/mol. The zero-order chi connectivity index (χ0) is 24.4. The van der Waals surface area contributed by atoms with Gasteiger partial charge < -0.3 is 29.6 Å². The van der Waals surface area contributed by atoms with E-state index in [4.69, 9.17) is 4.74 Å². The van der Waals surface area contributed by atoms with Gasteiger partial charge in [-0.25, -0.2) is 9.88 Å². The minimum absolute atomic E-state index is 0.132. The number of morpholine rings is 1. The van der Waals surface area contributed by atoms with E-state index in [0.29, 0.717) is 6.54 Å². The van der Waals surface area contributed by atoms with Crippen LogP contribution in [0.2, 0.25) is 0 Å². The van der Waals surface area contributed by atoms with E-state index in [9.17, 15) is 20.1 Å². The molecule has 2 aromatic heterocycles. The predicted molar refractivity (Wildman–Crippen MR) is 129 cm³/mol. The molecule has 35 heavy (non-hydrogen) atoms. The van der Waals surface area contributed by atoms with E-state index in [-0.39, 0.29) is 18.7 Å². The summed E-state index contributed by atoms with van der Waals surface area (Å²) in [6.07, 6.45) is 3.30. The minimum atomic E-state index is -0.965. The number of benzene rings is 1. The van der Waals surface area contributed by atoms with Crippen molar-refractivity contribution >= 4 is 0 Å². The van der Waals surface area contributed by atoms with Crippen LogP contribution in [0.3, 0.4) is 0 Å². The molecule has 0 bridgehead atoms. The number of fused-ring (bicyclic) bond motifs is 1. The molecule has 0 spiro atoms. The van der Waals surface area contributed by atoms with Crippen LogP contribution in [-0.2, 0) is 24.1 Å². The summed E-state index contributed by atoms with van der Waals surface area (Å²) < 4.78 is 7.20. The summed E-state index contributed by atoms with van der Waals surface area (Å²) in [5, 5.41) is 30.9. The fourth-order valence-corrected chi connectivity index (χ4v) is 4.83. The van der Waals surface area contributed by atoms with Crippen molar-refractivity contribution in [3.8, 4) is 16.9 Å². The molecule has 10 heteroatoms. The maximum Gasteiger partial charge on any atom is 0.293 e. The van der Waals surface area contributed by atoms with Gasteiger partial charge in [-0.2, -0.15) is 0 Å². The fraction of sp³-hybridized carbons (Fsp3) is 0.440. The second kappa shape index (κ2) is 10.3. The Labute approximate surface area is 203 Å². The van der Waals surface area contributed by atoms with E-state index in [1.165, 1.54) is 11.9 Å². The molecule has 2 aliphatic heterocycles. The molecule has 1 fully saturated rings. The number of hydrogen-bond acceptors (Lipinski definition) is 8. The molecule has 0 radical (unpaired) electrons. The van der Waals surface area contributed by atoms with Crippen LogP contribution in [0.15, 0.2) is 47.7 Å². The quantitative estimate of drug-likeness (QED) is 0.370. The Kier molecular flexibility index (Phi) is 6.98. The fourth-order valence-electron chi connectivity index (χ4n) is 4.83. The number of aromatic amines is 1. The topological polar surface area (TPSA) is 127 Å². The van der Waals surface area contributed by atoms with Crippen LogP contribution in [0.1, 0.15) is 23.3 Å². The molecule has 2 atom stereocenters. The molecule has 1 aromatic carbocycles. The summed E-state index contributed by atoms with van der Waals surface area (Å²) in [6.45, 7) is 4.81. The molecule has 4 N–H and O–H groups in total. The molecule has 5 rings (SSSR count). The zero-order valence-corrected chi connectivity index (χ0v) is 19.5. The van der Waals surface area contributed by atoms with E-state index in [0.717, 1.165) is 56.1 Å². The second-order valence-corrected chi connectivity index (χ2v) is 9.11. The number of hydrogen-bond donors (Lipinski definition) is 4. The van der Waals surface area contributed by atoms with Crippen LogP contribution in [-0.4, -0.2) is 85.2 Å². The summed E-state index contributed by atoms with van der Waals surface area (Å²) in [5.74, 6) is -0.463. The third kappa shape index (κ3) is 5.02. The summed E-state index contributed by atoms with van der Waals surface area (Å²) >= 11 is 0. The number of nitrogens with zero attached hydrogens (tertiary/aromatic N) is 4. The van der Waals surface area contributed by atoms with Gasteiger partial charge in [0, 0.05) is 50.5 Å². The first-order valence-electron chi connectivity index (χ1n) is 11.9. The number of ether oxygens (including phenoxy) is 1. The first kappa shape index (κ1) is 23.7.